The van der Waals surface area contributed by atoms with Crippen molar-refractivity contribution in [2.75, 3.05) is 13.6 Å². The van der Waals surface area contributed by atoms with Crippen molar-refractivity contribution in [1.29, 1.82) is 0 Å². The number of hydrogen-bond donors (Lipinski definition) is 1. The number of carbonyl (C=O) groups is 1. The van der Waals surface area contributed by atoms with Gasteiger partial charge < -0.3 is 10.0 Å². The molecule has 2 unspecified atom stereocenters. The van der Waals surface area contributed by atoms with E-state index in [1.165, 1.54) is 23.1 Å². The maximum absolute atomic E-state index is 13.1. The molecule has 0 aromatic heterocycles. The molecule has 1 amide bonds. The van der Waals surface area contributed by atoms with Gasteiger partial charge in [-0.05, 0) is 31.1 Å². The number of nitro benzene ring substituents is 1. The first-order chi connectivity index (χ1) is 11.4. The zero-order chi connectivity index (χ0) is 17.7. The van der Waals surface area contributed by atoms with Crippen molar-refractivity contribution in [1.82, 2.24) is 4.90 Å². The van der Waals surface area contributed by atoms with Crippen LogP contribution in [0.2, 0.25) is 0 Å². The van der Waals surface area contributed by atoms with Gasteiger partial charge in [-0.2, -0.15) is 0 Å². The Labute approximate surface area is 139 Å². The Bertz CT molecular complexity index is 647. The number of halogens is 1. The fourth-order valence-electron chi connectivity index (χ4n) is 2.95. The molecule has 2 atom stereocenters. The molecule has 1 aromatic rings. The molecule has 0 saturated heterocycles. The van der Waals surface area contributed by atoms with Crippen molar-refractivity contribution < 1.29 is 19.2 Å². The highest BCUT2D eigenvalue weighted by Crippen LogP contribution is 2.25. The van der Waals surface area contributed by atoms with Crippen molar-refractivity contribution in [2.45, 2.75) is 31.8 Å². The van der Waals surface area contributed by atoms with E-state index in [4.69, 9.17) is 0 Å². The zero-order valence-electron chi connectivity index (χ0n) is 13.5. The highest BCUT2D eigenvalue weighted by atomic mass is 19.1. The second-order valence-corrected chi connectivity index (χ2v) is 6.12. The molecule has 0 spiro atoms. The van der Waals surface area contributed by atoms with Crippen molar-refractivity contribution in [2.24, 2.45) is 5.92 Å². The average Bonchev–Trinajstić information content (AvgIpc) is 2.55. The Hall–Kier alpha value is -2.28. The molecule has 1 saturated carbocycles. The summed E-state index contributed by atoms with van der Waals surface area (Å²) in [5.74, 6) is -0.957. The second kappa shape index (κ2) is 8.01. The summed E-state index contributed by atoms with van der Waals surface area (Å²) in [6.07, 6.45) is 5.83. The van der Waals surface area contributed by atoms with E-state index in [0.717, 1.165) is 37.8 Å². The van der Waals surface area contributed by atoms with Crippen LogP contribution in [0.25, 0.3) is 6.08 Å². The number of amides is 1. The van der Waals surface area contributed by atoms with Gasteiger partial charge >= 0.3 is 0 Å². The van der Waals surface area contributed by atoms with Crippen molar-refractivity contribution in [3.05, 3.63) is 45.8 Å². The zero-order valence-corrected chi connectivity index (χ0v) is 13.5. The van der Waals surface area contributed by atoms with Gasteiger partial charge in [-0.1, -0.05) is 12.8 Å². The molecule has 1 aliphatic carbocycles. The molecule has 0 bridgehead atoms. The predicted octanol–water partition coefficient (Wildman–Crippen LogP) is 2.76. The van der Waals surface area contributed by atoms with Crippen molar-refractivity contribution >= 4 is 17.7 Å². The predicted molar refractivity (Wildman–Crippen MR) is 87.7 cm³/mol. The molecule has 0 aliphatic heterocycles. The molecule has 1 aliphatic rings. The van der Waals surface area contributed by atoms with Gasteiger partial charge in [0, 0.05) is 25.6 Å². The number of nitro groups is 1. The quantitative estimate of drug-likeness (QED) is 0.509. The van der Waals surface area contributed by atoms with E-state index in [-0.39, 0.29) is 23.1 Å². The van der Waals surface area contributed by atoms with E-state index in [2.05, 4.69) is 0 Å². The molecular formula is C17H21FN2O4. The largest absolute Gasteiger partial charge is 0.393 e. The van der Waals surface area contributed by atoms with Crippen LogP contribution in [0.4, 0.5) is 10.1 Å². The van der Waals surface area contributed by atoms with Crippen LogP contribution in [-0.2, 0) is 4.79 Å². The lowest BCUT2D eigenvalue weighted by Gasteiger charge is -2.30. The van der Waals surface area contributed by atoms with Crippen LogP contribution in [0, 0.1) is 21.8 Å². The number of aliphatic hydroxyl groups excluding tert-OH is 1. The first-order valence-electron chi connectivity index (χ1n) is 7.93. The SMILES string of the molecule is CN(CC1CCCCC1O)C(=O)/C=C/c1ccc(F)cc1[N+](=O)[O-]. The van der Waals surface area contributed by atoms with Crippen LogP contribution in [0.15, 0.2) is 24.3 Å². The van der Waals surface area contributed by atoms with E-state index in [9.17, 15) is 24.4 Å². The van der Waals surface area contributed by atoms with Gasteiger partial charge in [0.1, 0.15) is 5.82 Å². The smallest absolute Gasteiger partial charge is 0.279 e. The second-order valence-electron chi connectivity index (χ2n) is 6.12. The molecule has 0 heterocycles. The van der Waals surface area contributed by atoms with Gasteiger partial charge in [-0.15, -0.1) is 0 Å². The third-order valence-corrected chi connectivity index (χ3v) is 4.35. The van der Waals surface area contributed by atoms with Crippen LogP contribution in [-0.4, -0.2) is 40.5 Å². The molecule has 2 rings (SSSR count). The van der Waals surface area contributed by atoms with Crippen LogP contribution in [0.3, 0.4) is 0 Å². The fraction of sp³-hybridized carbons (Fsp3) is 0.471. The fourth-order valence-corrected chi connectivity index (χ4v) is 2.95. The van der Waals surface area contributed by atoms with Crippen LogP contribution < -0.4 is 0 Å². The molecule has 130 valence electrons. The van der Waals surface area contributed by atoms with Crippen molar-refractivity contribution in [3.8, 4) is 0 Å². The van der Waals surface area contributed by atoms with Gasteiger partial charge in [0.2, 0.25) is 5.91 Å². The molecule has 1 aromatic carbocycles. The first-order valence-corrected chi connectivity index (χ1v) is 7.93. The third kappa shape index (κ3) is 4.61. The average molecular weight is 336 g/mol. The van der Waals surface area contributed by atoms with Crippen LogP contribution in [0.5, 0.6) is 0 Å². The number of benzene rings is 1. The van der Waals surface area contributed by atoms with Gasteiger partial charge in [0.25, 0.3) is 5.69 Å². The third-order valence-electron chi connectivity index (χ3n) is 4.35. The minimum atomic E-state index is -0.700. The highest BCUT2D eigenvalue weighted by Gasteiger charge is 2.25. The summed E-state index contributed by atoms with van der Waals surface area (Å²) < 4.78 is 13.1. The van der Waals surface area contributed by atoms with Gasteiger partial charge in [0.05, 0.1) is 22.7 Å². The minimum absolute atomic E-state index is 0.0567. The van der Waals surface area contributed by atoms with E-state index in [1.54, 1.807) is 7.05 Å². The Balaban J connectivity index is 2.03. The minimum Gasteiger partial charge on any atom is -0.393 e. The summed E-state index contributed by atoms with van der Waals surface area (Å²) in [5.41, 5.74) is -0.217. The standard InChI is InChI=1S/C17H21FN2O4/c1-19(11-13-4-2-3-5-16(13)21)17(22)9-7-12-6-8-14(18)10-15(12)20(23)24/h6-10,13,16,21H,2-5,11H2,1H3/b9-7+. The Morgan fingerprint density at radius 2 is 2.17 bits per heavy atom. The van der Waals surface area contributed by atoms with Gasteiger partial charge in [-0.3, -0.25) is 14.9 Å². The van der Waals surface area contributed by atoms with Crippen LogP contribution >= 0.6 is 0 Å². The van der Waals surface area contributed by atoms with E-state index in [1.807, 2.05) is 0 Å². The molecule has 6 nitrogen and oxygen atoms in total. The van der Waals surface area contributed by atoms with E-state index >= 15 is 0 Å². The number of aliphatic hydroxyl groups is 1. The molecule has 24 heavy (non-hydrogen) atoms. The monoisotopic (exact) mass is 336 g/mol. The van der Waals surface area contributed by atoms with Crippen LogP contribution in [0.1, 0.15) is 31.2 Å². The Kier molecular flexibility index (Phi) is 6.03. The normalized spacial score (nSPS) is 21.0. The summed E-state index contributed by atoms with van der Waals surface area (Å²) in [7, 11) is 1.63. The Morgan fingerprint density at radius 3 is 2.83 bits per heavy atom. The molecule has 0 radical (unpaired) electrons. The van der Waals surface area contributed by atoms with Gasteiger partial charge in [-0.25, -0.2) is 4.39 Å². The van der Waals surface area contributed by atoms with E-state index in [0.29, 0.717) is 6.54 Å². The lowest BCUT2D eigenvalue weighted by atomic mass is 9.86. The van der Waals surface area contributed by atoms with Gasteiger partial charge in [0.15, 0.2) is 0 Å². The maximum Gasteiger partial charge on any atom is 0.279 e. The summed E-state index contributed by atoms with van der Waals surface area (Å²) in [5, 5.41) is 20.9. The molecule has 7 heteroatoms. The summed E-state index contributed by atoms with van der Waals surface area (Å²) in [4.78, 5) is 23.9. The Morgan fingerprint density at radius 1 is 1.46 bits per heavy atom. The first kappa shape index (κ1) is 18.1. The number of nitrogens with zero attached hydrogens (tertiary/aromatic N) is 2. The van der Waals surface area contributed by atoms with E-state index < -0.39 is 16.8 Å². The van der Waals surface area contributed by atoms with Crippen molar-refractivity contribution in [3.63, 3.8) is 0 Å². The summed E-state index contributed by atoms with van der Waals surface area (Å²) in [6, 6.07) is 3.20. The number of carbonyl (C=O) groups excluding carboxylic acids is 1. The topological polar surface area (TPSA) is 83.7 Å². The molecule has 1 N–H and O–H groups in total. The summed E-state index contributed by atoms with van der Waals surface area (Å²) in [6.45, 7) is 0.440. The highest BCUT2D eigenvalue weighted by molar-refractivity contribution is 5.92. The number of hydrogen-bond acceptors (Lipinski definition) is 4. The molecular weight excluding hydrogens is 315 g/mol. The summed E-state index contributed by atoms with van der Waals surface area (Å²) >= 11 is 0. The molecule has 1 fully saturated rings. The lowest BCUT2D eigenvalue weighted by Crippen LogP contribution is -2.37. The lowest BCUT2D eigenvalue weighted by molar-refractivity contribution is -0.385. The maximum atomic E-state index is 13.1. The number of rotatable bonds is 5. The number of likely N-dealkylation sites (N-methyl/N-ethyl adjacent to an activating group) is 1.